The highest BCUT2D eigenvalue weighted by atomic mass is 79.9. The quantitative estimate of drug-likeness (QED) is 0.534. The van der Waals surface area contributed by atoms with Crippen molar-refractivity contribution in [1.82, 2.24) is 4.98 Å². The molecule has 0 atom stereocenters. The molecule has 0 spiro atoms. The molecule has 0 bridgehead atoms. The molecular formula is C6H10BrN3. The Hall–Kier alpha value is -0.610. The Bertz CT molecular complexity index is 202. The van der Waals surface area contributed by atoms with Gasteiger partial charge in [0.05, 0.1) is 5.69 Å². The van der Waals surface area contributed by atoms with E-state index in [1.807, 2.05) is 19.1 Å². The maximum atomic E-state index is 5.14. The Morgan fingerprint density at radius 3 is 2.70 bits per heavy atom. The highest BCUT2D eigenvalue weighted by Crippen LogP contribution is 2.03. The van der Waals surface area contributed by atoms with Crippen molar-refractivity contribution in [3.05, 3.63) is 24.0 Å². The first kappa shape index (κ1) is 9.39. The topological polar surface area (TPSA) is 50.9 Å². The van der Waals surface area contributed by atoms with Gasteiger partial charge in [-0.2, -0.15) is 0 Å². The second kappa shape index (κ2) is 4.24. The van der Waals surface area contributed by atoms with Crippen molar-refractivity contribution in [2.45, 2.75) is 6.92 Å². The summed E-state index contributed by atoms with van der Waals surface area (Å²) in [5, 5.41) is 0. The van der Waals surface area contributed by atoms with Crippen LogP contribution in [0.15, 0.2) is 18.3 Å². The zero-order valence-corrected chi connectivity index (χ0v) is 7.38. The zero-order chi connectivity index (χ0) is 6.69. The van der Waals surface area contributed by atoms with Gasteiger partial charge in [0, 0.05) is 11.9 Å². The lowest BCUT2D eigenvalue weighted by Crippen LogP contribution is -2.06. The molecule has 3 N–H and O–H groups in total. The van der Waals surface area contributed by atoms with E-state index in [0.717, 1.165) is 11.4 Å². The van der Waals surface area contributed by atoms with E-state index in [4.69, 9.17) is 5.84 Å². The predicted octanol–water partition coefficient (Wildman–Crippen LogP) is 1.25. The number of halogens is 1. The number of nitrogens with zero attached hydrogens (tertiary/aromatic N) is 1. The van der Waals surface area contributed by atoms with Gasteiger partial charge in [0.1, 0.15) is 0 Å². The summed E-state index contributed by atoms with van der Waals surface area (Å²) in [4.78, 5) is 3.99. The van der Waals surface area contributed by atoms with E-state index in [2.05, 4.69) is 10.4 Å². The van der Waals surface area contributed by atoms with Crippen LogP contribution in [0.3, 0.4) is 0 Å². The minimum Gasteiger partial charge on any atom is -0.324 e. The first-order valence-corrected chi connectivity index (χ1v) is 2.72. The van der Waals surface area contributed by atoms with Gasteiger partial charge in [-0.15, -0.1) is 17.0 Å². The lowest BCUT2D eigenvalue weighted by Gasteiger charge is -1.97. The molecule has 56 valence electrons. The van der Waals surface area contributed by atoms with Crippen molar-refractivity contribution >= 4 is 22.7 Å². The van der Waals surface area contributed by atoms with E-state index >= 15 is 0 Å². The van der Waals surface area contributed by atoms with Gasteiger partial charge in [-0.05, 0) is 19.1 Å². The molecule has 1 rings (SSSR count). The minimum absolute atomic E-state index is 0. The number of hydrogen-bond donors (Lipinski definition) is 2. The van der Waals surface area contributed by atoms with Crippen molar-refractivity contribution < 1.29 is 0 Å². The molecule has 10 heavy (non-hydrogen) atoms. The van der Waals surface area contributed by atoms with Crippen LogP contribution >= 0.6 is 17.0 Å². The summed E-state index contributed by atoms with van der Waals surface area (Å²) >= 11 is 0. The van der Waals surface area contributed by atoms with Gasteiger partial charge < -0.3 is 5.43 Å². The van der Waals surface area contributed by atoms with Crippen molar-refractivity contribution in [1.29, 1.82) is 0 Å². The van der Waals surface area contributed by atoms with Crippen molar-refractivity contribution in [3.63, 3.8) is 0 Å². The molecule has 0 unspecified atom stereocenters. The third-order valence-electron chi connectivity index (χ3n) is 1.06. The Morgan fingerprint density at radius 1 is 1.60 bits per heavy atom. The fraction of sp³-hybridized carbons (Fsp3) is 0.167. The fourth-order valence-corrected chi connectivity index (χ4v) is 0.635. The molecule has 0 aromatic carbocycles. The molecule has 4 heteroatoms. The maximum Gasteiger partial charge on any atom is 0.0518 e. The molecule has 3 nitrogen and oxygen atoms in total. The maximum absolute atomic E-state index is 5.14. The molecule has 1 aromatic rings. The highest BCUT2D eigenvalue weighted by Gasteiger charge is 1.86. The average molecular weight is 204 g/mol. The Labute approximate surface area is 70.4 Å². The summed E-state index contributed by atoms with van der Waals surface area (Å²) in [6.45, 7) is 1.92. The molecular weight excluding hydrogens is 194 g/mol. The summed E-state index contributed by atoms with van der Waals surface area (Å²) < 4.78 is 0. The largest absolute Gasteiger partial charge is 0.324 e. The van der Waals surface area contributed by atoms with Gasteiger partial charge in [0.25, 0.3) is 0 Å². The molecule has 0 fully saturated rings. The minimum atomic E-state index is 0. The lowest BCUT2D eigenvalue weighted by molar-refractivity contribution is 1.19. The molecule has 0 aliphatic rings. The Kier molecular flexibility index (Phi) is 3.99. The number of hydrazine groups is 1. The third-order valence-corrected chi connectivity index (χ3v) is 1.06. The normalized spacial score (nSPS) is 8.20. The second-order valence-corrected chi connectivity index (χ2v) is 1.83. The van der Waals surface area contributed by atoms with E-state index in [-0.39, 0.29) is 17.0 Å². The van der Waals surface area contributed by atoms with E-state index in [1.54, 1.807) is 6.20 Å². The Morgan fingerprint density at radius 2 is 2.30 bits per heavy atom. The summed E-state index contributed by atoms with van der Waals surface area (Å²) in [6.07, 6.45) is 1.71. The zero-order valence-electron chi connectivity index (χ0n) is 5.66. The van der Waals surface area contributed by atoms with Crippen molar-refractivity contribution in [2.75, 3.05) is 5.43 Å². The SMILES string of the molecule is Br.Cc1cc(NN)ccn1. The van der Waals surface area contributed by atoms with Gasteiger partial charge >= 0.3 is 0 Å². The molecule has 0 saturated heterocycles. The summed E-state index contributed by atoms with van der Waals surface area (Å²) in [6, 6.07) is 3.69. The molecule has 0 aliphatic carbocycles. The van der Waals surface area contributed by atoms with E-state index in [0.29, 0.717) is 0 Å². The summed E-state index contributed by atoms with van der Waals surface area (Å²) in [7, 11) is 0. The lowest BCUT2D eigenvalue weighted by atomic mass is 10.3. The number of pyridine rings is 1. The monoisotopic (exact) mass is 203 g/mol. The average Bonchev–Trinajstić information content (AvgIpc) is 1.88. The number of rotatable bonds is 1. The molecule has 0 radical (unpaired) electrons. The molecule has 0 amide bonds. The fourth-order valence-electron chi connectivity index (χ4n) is 0.635. The van der Waals surface area contributed by atoms with Gasteiger partial charge in [-0.3, -0.25) is 10.8 Å². The van der Waals surface area contributed by atoms with Crippen LogP contribution in [-0.4, -0.2) is 4.98 Å². The number of hydrogen-bond acceptors (Lipinski definition) is 3. The number of aryl methyl sites for hydroxylation is 1. The van der Waals surface area contributed by atoms with Crippen LogP contribution in [0.1, 0.15) is 5.69 Å². The van der Waals surface area contributed by atoms with Crippen LogP contribution in [-0.2, 0) is 0 Å². The predicted molar refractivity (Wildman–Crippen MR) is 47.1 cm³/mol. The van der Waals surface area contributed by atoms with E-state index in [1.165, 1.54) is 0 Å². The van der Waals surface area contributed by atoms with E-state index in [9.17, 15) is 0 Å². The number of anilines is 1. The van der Waals surface area contributed by atoms with Gasteiger partial charge in [0.2, 0.25) is 0 Å². The highest BCUT2D eigenvalue weighted by molar-refractivity contribution is 8.93. The van der Waals surface area contributed by atoms with Crippen LogP contribution < -0.4 is 11.3 Å². The molecule has 1 heterocycles. The second-order valence-electron chi connectivity index (χ2n) is 1.83. The summed E-state index contributed by atoms with van der Waals surface area (Å²) in [5.74, 6) is 5.14. The number of nitrogen functional groups attached to an aromatic ring is 1. The molecule has 0 aliphatic heterocycles. The first-order valence-electron chi connectivity index (χ1n) is 2.72. The smallest absolute Gasteiger partial charge is 0.0518 e. The van der Waals surface area contributed by atoms with Crippen LogP contribution in [0.25, 0.3) is 0 Å². The number of nitrogens with two attached hydrogens (primary N) is 1. The molecule has 0 saturated carbocycles. The summed E-state index contributed by atoms with van der Waals surface area (Å²) in [5.41, 5.74) is 4.38. The number of nitrogens with one attached hydrogen (secondary N) is 1. The van der Waals surface area contributed by atoms with Crippen LogP contribution in [0.2, 0.25) is 0 Å². The van der Waals surface area contributed by atoms with Crippen molar-refractivity contribution in [3.8, 4) is 0 Å². The molecule has 1 aromatic heterocycles. The first-order chi connectivity index (χ1) is 4.33. The van der Waals surface area contributed by atoms with Crippen LogP contribution in [0, 0.1) is 6.92 Å². The Balaban J connectivity index is 0.000000810. The van der Waals surface area contributed by atoms with E-state index < -0.39 is 0 Å². The van der Waals surface area contributed by atoms with Gasteiger partial charge in [-0.25, -0.2) is 0 Å². The standard InChI is InChI=1S/C6H9N3.BrH/c1-5-4-6(9-7)2-3-8-5;/h2-4H,7H2,1H3,(H,8,9);1H. The van der Waals surface area contributed by atoms with Crippen molar-refractivity contribution in [2.24, 2.45) is 5.84 Å². The van der Waals surface area contributed by atoms with Gasteiger partial charge in [0.15, 0.2) is 0 Å². The van der Waals surface area contributed by atoms with Crippen LogP contribution in [0.4, 0.5) is 5.69 Å². The van der Waals surface area contributed by atoms with Gasteiger partial charge in [-0.1, -0.05) is 0 Å². The van der Waals surface area contributed by atoms with Crippen LogP contribution in [0.5, 0.6) is 0 Å². The number of aromatic nitrogens is 1. The third kappa shape index (κ3) is 2.33.